The maximum absolute atomic E-state index is 11.8. The molecule has 2 rings (SSSR count). The molecule has 4 nitrogen and oxygen atoms in total. The third-order valence-corrected chi connectivity index (χ3v) is 3.95. The molecular formula is C16H23NO3. The highest BCUT2D eigenvalue weighted by Gasteiger charge is 2.22. The van der Waals surface area contributed by atoms with Gasteiger partial charge in [-0.2, -0.15) is 0 Å². The van der Waals surface area contributed by atoms with Crippen LogP contribution in [-0.2, 0) is 9.47 Å². The summed E-state index contributed by atoms with van der Waals surface area (Å²) in [5.41, 5.74) is 2.53. The van der Waals surface area contributed by atoms with Gasteiger partial charge in [0.2, 0.25) is 0 Å². The van der Waals surface area contributed by atoms with Crippen molar-refractivity contribution in [2.45, 2.75) is 44.8 Å². The molecule has 0 bridgehead atoms. The minimum Gasteiger partial charge on any atom is -0.465 e. The molecule has 0 atom stereocenters. The topological polar surface area (TPSA) is 47.6 Å². The molecule has 0 unspecified atom stereocenters. The van der Waals surface area contributed by atoms with Crippen LogP contribution in [0.4, 0.5) is 5.69 Å². The van der Waals surface area contributed by atoms with Gasteiger partial charge in [-0.25, -0.2) is 4.79 Å². The molecule has 0 radical (unpaired) electrons. The Morgan fingerprint density at radius 1 is 1.20 bits per heavy atom. The Kier molecular flexibility index (Phi) is 5.01. The zero-order chi connectivity index (χ0) is 14.5. The monoisotopic (exact) mass is 277 g/mol. The van der Waals surface area contributed by atoms with Gasteiger partial charge < -0.3 is 14.8 Å². The van der Waals surface area contributed by atoms with E-state index in [1.54, 1.807) is 7.11 Å². The Labute approximate surface area is 120 Å². The number of methoxy groups -OCH3 is 2. The molecule has 1 saturated carbocycles. The van der Waals surface area contributed by atoms with Crippen molar-refractivity contribution in [1.82, 2.24) is 0 Å². The van der Waals surface area contributed by atoms with Crippen LogP contribution < -0.4 is 5.32 Å². The van der Waals surface area contributed by atoms with Gasteiger partial charge in [0, 0.05) is 18.8 Å². The van der Waals surface area contributed by atoms with Gasteiger partial charge in [0.1, 0.15) is 0 Å². The van der Waals surface area contributed by atoms with E-state index in [0.29, 0.717) is 17.7 Å². The fourth-order valence-corrected chi connectivity index (χ4v) is 2.73. The number of esters is 1. The zero-order valence-electron chi connectivity index (χ0n) is 12.4. The van der Waals surface area contributed by atoms with Crippen molar-refractivity contribution in [3.05, 3.63) is 29.3 Å². The van der Waals surface area contributed by atoms with Crippen molar-refractivity contribution in [2.24, 2.45) is 0 Å². The van der Waals surface area contributed by atoms with Crippen molar-refractivity contribution in [3.8, 4) is 0 Å². The SMILES string of the molecule is COC(=O)c1cc(C)ccc1NC1CCC(OC)CC1. The molecule has 1 aliphatic carbocycles. The number of hydrogen-bond donors (Lipinski definition) is 1. The van der Waals surface area contributed by atoms with E-state index in [0.717, 1.165) is 36.9 Å². The first-order chi connectivity index (χ1) is 9.63. The van der Waals surface area contributed by atoms with E-state index >= 15 is 0 Å². The molecule has 1 N–H and O–H groups in total. The molecule has 0 amide bonds. The Balaban J connectivity index is 2.07. The fourth-order valence-electron chi connectivity index (χ4n) is 2.73. The standard InChI is InChI=1S/C16H23NO3/c1-11-4-9-15(14(10-11)16(18)20-3)17-12-5-7-13(19-2)8-6-12/h4,9-10,12-13,17H,5-8H2,1-3H3. The molecule has 20 heavy (non-hydrogen) atoms. The summed E-state index contributed by atoms with van der Waals surface area (Å²) in [6, 6.07) is 6.24. The highest BCUT2D eigenvalue weighted by Crippen LogP contribution is 2.26. The average molecular weight is 277 g/mol. The second kappa shape index (κ2) is 6.75. The first-order valence-corrected chi connectivity index (χ1v) is 7.12. The molecule has 0 aliphatic heterocycles. The lowest BCUT2D eigenvalue weighted by atomic mass is 9.92. The largest absolute Gasteiger partial charge is 0.465 e. The van der Waals surface area contributed by atoms with E-state index in [4.69, 9.17) is 9.47 Å². The van der Waals surface area contributed by atoms with Crippen molar-refractivity contribution < 1.29 is 14.3 Å². The molecule has 1 aromatic carbocycles. The summed E-state index contributed by atoms with van der Waals surface area (Å²) in [5.74, 6) is -0.290. The highest BCUT2D eigenvalue weighted by atomic mass is 16.5. The molecule has 1 fully saturated rings. The second-order valence-corrected chi connectivity index (χ2v) is 5.39. The number of benzene rings is 1. The lowest BCUT2D eigenvalue weighted by Gasteiger charge is -2.29. The lowest BCUT2D eigenvalue weighted by Crippen LogP contribution is -2.29. The van der Waals surface area contributed by atoms with E-state index in [1.807, 2.05) is 25.1 Å². The summed E-state index contributed by atoms with van der Waals surface area (Å²) < 4.78 is 10.2. The van der Waals surface area contributed by atoms with Crippen molar-refractivity contribution >= 4 is 11.7 Å². The Hall–Kier alpha value is -1.55. The van der Waals surface area contributed by atoms with Gasteiger partial charge in [0.15, 0.2) is 0 Å². The number of nitrogens with one attached hydrogen (secondary N) is 1. The second-order valence-electron chi connectivity index (χ2n) is 5.39. The molecule has 0 aromatic heterocycles. The number of hydrogen-bond acceptors (Lipinski definition) is 4. The number of carbonyl (C=O) groups is 1. The van der Waals surface area contributed by atoms with Gasteiger partial charge in [-0.15, -0.1) is 0 Å². The smallest absolute Gasteiger partial charge is 0.339 e. The van der Waals surface area contributed by atoms with Crippen LogP contribution in [0.2, 0.25) is 0 Å². The number of aryl methyl sites for hydroxylation is 1. The van der Waals surface area contributed by atoms with Gasteiger partial charge in [-0.3, -0.25) is 0 Å². The molecular weight excluding hydrogens is 254 g/mol. The first kappa shape index (κ1) is 14.9. The number of ether oxygens (including phenoxy) is 2. The van der Waals surface area contributed by atoms with Crippen LogP contribution in [0.3, 0.4) is 0 Å². The van der Waals surface area contributed by atoms with E-state index < -0.39 is 0 Å². The summed E-state index contributed by atoms with van der Waals surface area (Å²) in [7, 11) is 3.19. The lowest BCUT2D eigenvalue weighted by molar-refractivity contribution is 0.0600. The Morgan fingerprint density at radius 3 is 2.50 bits per heavy atom. The summed E-state index contributed by atoms with van der Waals surface area (Å²) in [5, 5.41) is 3.48. The summed E-state index contributed by atoms with van der Waals surface area (Å²) in [6.45, 7) is 1.97. The zero-order valence-corrected chi connectivity index (χ0v) is 12.4. The van der Waals surface area contributed by atoms with Crippen molar-refractivity contribution in [3.63, 3.8) is 0 Å². The van der Waals surface area contributed by atoms with Gasteiger partial charge in [0.05, 0.1) is 18.8 Å². The van der Waals surface area contributed by atoms with Gasteiger partial charge in [-0.1, -0.05) is 11.6 Å². The maximum Gasteiger partial charge on any atom is 0.339 e. The summed E-state index contributed by atoms with van der Waals surface area (Å²) >= 11 is 0. The van der Waals surface area contributed by atoms with E-state index in [9.17, 15) is 4.79 Å². The van der Waals surface area contributed by atoms with Crippen LogP contribution in [-0.4, -0.2) is 32.3 Å². The highest BCUT2D eigenvalue weighted by molar-refractivity contribution is 5.95. The predicted molar refractivity (Wildman–Crippen MR) is 79.2 cm³/mol. The minimum atomic E-state index is -0.290. The Morgan fingerprint density at radius 2 is 1.90 bits per heavy atom. The normalized spacial score (nSPS) is 22.4. The van der Waals surface area contributed by atoms with Crippen LogP contribution in [0.25, 0.3) is 0 Å². The van der Waals surface area contributed by atoms with Crippen LogP contribution in [0.15, 0.2) is 18.2 Å². The van der Waals surface area contributed by atoms with Gasteiger partial charge in [0.25, 0.3) is 0 Å². The van der Waals surface area contributed by atoms with Crippen molar-refractivity contribution in [2.75, 3.05) is 19.5 Å². The fraction of sp³-hybridized carbons (Fsp3) is 0.562. The van der Waals surface area contributed by atoms with Crippen molar-refractivity contribution in [1.29, 1.82) is 0 Å². The average Bonchev–Trinajstić information content (AvgIpc) is 2.49. The summed E-state index contributed by atoms with van der Waals surface area (Å²) in [4.78, 5) is 11.8. The molecule has 110 valence electrons. The molecule has 4 heteroatoms. The van der Waals surface area contributed by atoms with E-state index in [-0.39, 0.29) is 5.97 Å². The number of carbonyl (C=O) groups excluding carboxylic acids is 1. The number of rotatable bonds is 4. The third-order valence-electron chi connectivity index (χ3n) is 3.95. The summed E-state index contributed by atoms with van der Waals surface area (Å²) in [6.07, 6.45) is 4.63. The third kappa shape index (κ3) is 3.51. The maximum atomic E-state index is 11.8. The van der Waals surface area contributed by atoms with Gasteiger partial charge in [-0.05, 0) is 44.7 Å². The number of anilines is 1. The van der Waals surface area contributed by atoms with E-state index in [1.165, 1.54) is 7.11 Å². The minimum absolute atomic E-state index is 0.290. The van der Waals surface area contributed by atoms with Gasteiger partial charge >= 0.3 is 5.97 Å². The Bertz CT molecular complexity index is 465. The molecule has 1 aliphatic rings. The first-order valence-electron chi connectivity index (χ1n) is 7.12. The van der Waals surface area contributed by atoms with Crippen LogP contribution in [0.5, 0.6) is 0 Å². The van der Waals surface area contributed by atoms with Crippen LogP contribution in [0, 0.1) is 6.92 Å². The molecule has 0 spiro atoms. The predicted octanol–water partition coefficient (Wildman–Crippen LogP) is 3.15. The molecule has 0 saturated heterocycles. The molecule has 1 aromatic rings. The van der Waals surface area contributed by atoms with E-state index in [2.05, 4.69) is 5.32 Å². The van der Waals surface area contributed by atoms with Crippen LogP contribution >= 0.6 is 0 Å². The quantitative estimate of drug-likeness (QED) is 0.859. The van der Waals surface area contributed by atoms with Crippen LogP contribution in [0.1, 0.15) is 41.6 Å². The molecule has 0 heterocycles.